The zero-order chi connectivity index (χ0) is 19.1. The molecule has 1 aromatic heterocycles. The molecule has 8 heteroatoms. The predicted molar refractivity (Wildman–Crippen MR) is 107 cm³/mol. The Balaban J connectivity index is 2.62. The second kappa shape index (κ2) is 9.52. The van der Waals surface area contributed by atoms with Crippen molar-refractivity contribution >= 4 is 27.1 Å². The molecular formula is C17H32N4O2S2. The molecule has 0 aliphatic heterocycles. The summed E-state index contributed by atoms with van der Waals surface area (Å²) in [5.41, 5.74) is 0.973. The van der Waals surface area contributed by atoms with Crippen molar-refractivity contribution < 1.29 is 8.42 Å². The SMILES string of the molecule is CCNC(=NCc1nc(C(C)C)cs1)NCC(C)(C)CCS(C)(=O)=O. The molecule has 0 amide bonds. The Morgan fingerprint density at radius 1 is 1.36 bits per heavy atom. The van der Waals surface area contributed by atoms with Gasteiger partial charge in [-0.1, -0.05) is 27.7 Å². The quantitative estimate of drug-likeness (QED) is 0.502. The summed E-state index contributed by atoms with van der Waals surface area (Å²) in [5.74, 6) is 1.36. The third kappa shape index (κ3) is 9.21. The number of nitrogens with one attached hydrogen (secondary N) is 2. The van der Waals surface area contributed by atoms with Gasteiger partial charge in [-0.2, -0.15) is 0 Å². The molecule has 1 heterocycles. The van der Waals surface area contributed by atoms with Crippen LogP contribution in [0.15, 0.2) is 10.4 Å². The van der Waals surface area contributed by atoms with Gasteiger partial charge >= 0.3 is 0 Å². The summed E-state index contributed by atoms with van der Waals surface area (Å²) in [5, 5.41) is 9.63. The zero-order valence-electron chi connectivity index (χ0n) is 16.2. The largest absolute Gasteiger partial charge is 0.357 e. The van der Waals surface area contributed by atoms with E-state index in [1.54, 1.807) is 11.3 Å². The highest BCUT2D eigenvalue weighted by Crippen LogP contribution is 2.20. The lowest BCUT2D eigenvalue weighted by Gasteiger charge is -2.25. The van der Waals surface area contributed by atoms with Gasteiger partial charge in [0.25, 0.3) is 0 Å². The van der Waals surface area contributed by atoms with Crippen molar-refractivity contribution in [2.45, 2.75) is 53.5 Å². The van der Waals surface area contributed by atoms with Crippen LogP contribution in [0.3, 0.4) is 0 Å². The Hall–Kier alpha value is -1.15. The van der Waals surface area contributed by atoms with Crippen LogP contribution in [0.5, 0.6) is 0 Å². The standard InChI is InChI=1S/C17H32N4O2S2/c1-7-18-16(19-10-15-21-14(11-24-15)13(2)3)20-12-17(4,5)8-9-25(6,22)23/h11,13H,7-10,12H2,1-6H3,(H2,18,19,20). The second-order valence-electron chi connectivity index (χ2n) is 7.41. The van der Waals surface area contributed by atoms with E-state index >= 15 is 0 Å². The van der Waals surface area contributed by atoms with E-state index in [1.807, 2.05) is 6.92 Å². The van der Waals surface area contributed by atoms with Gasteiger partial charge in [-0.25, -0.2) is 18.4 Å². The Labute approximate surface area is 156 Å². The highest BCUT2D eigenvalue weighted by atomic mass is 32.2. The zero-order valence-corrected chi connectivity index (χ0v) is 17.9. The fourth-order valence-corrected chi connectivity index (χ4v) is 3.83. The van der Waals surface area contributed by atoms with E-state index in [-0.39, 0.29) is 11.2 Å². The summed E-state index contributed by atoms with van der Waals surface area (Å²) in [6, 6.07) is 0. The van der Waals surface area contributed by atoms with Crippen LogP contribution in [0.2, 0.25) is 0 Å². The number of aromatic nitrogens is 1. The number of hydrogen-bond donors (Lipinski definition) is 2. The lowest BCUT2D eigenvalue weighted by atomic mass is 9.90. The monoisotopic (exact) mass is 388 g/mol. The minimum absolute atomic E-state index is 0.134. The molecule has 0 saturated heterocycles. The second-order valence-corrected chi connectivity index (χ2v) is 10.6. The number of thiazole rings is 1. The summed E-state index contributed by atoms with van der Waals surface area (Å²) in [4.78, 5) is 9.19. The lowest BCUT2D eigenvalue weighted by molar-refractivity contribution is 0.348. The van der Waals surface area contributed by atoms with Crippen LogP contribution in [0, 0.1) is 5.41 Å². The van der Waals surface area contributed by atoms with Crippen molar-refractivity contribution in [2.75, 3.05) is 25.1 Å². The van der Waals surface area contributed by atoms with Crippen molar-refractivity contribution in [3.05, 3.63) is 16.1 Å². The summed E-state index contributed by atoms with van der Waals surface area (Å²) < 4.78 is 22.7. The maximum absolute atomic E-state index is 11.4. The third-order valence-corrected chi connectivity index (χ3v) is 5.56. The molecule has 1 aromatic rings. The molecule has 0 fully saturated rings. The smallest absolute Gasteiger partial charge is 0.191 e. The Bertz CT molecular complexity index is 664. The molecule has 2 N–H and O–H groups in total. The minimum atomic E-state index is -2.94. The number of rotatable bonds is 9. The molecule has 0 aliphatic carbocycles. The van der Waals surface area contributed by atoms with Crippen LogP contribution in [-0.2, 0) is 16.4 Å². The molecule has 1 rings (SSSR count). The summed E-state index contributed by atoms with van der Waals surface area (Å²) in [7, 11) is -2.94. The Morgan fingerprint density at radius 2 is 2.04 bits per heavy atom. The first-order valence-electron chi connectivity index (χ1n) is 8.66. The minimum Gasteiger partial charge on any atom is -0.357 e. The fourth-order valence-electron chi connectivity index (χ4n) is 2.02. The van der Waals surface area contributed by atoms with Gasteiger partial charge in [0, 0.05) is 24.7 Å². The van der Waals surface area contributed by atoms with Crippen LogP contribution < -0.4 is 10.6 Å². The molecule has 0 radical (unpaired) electrons. The maximum Gasteiger partial charge on any atom is 0.191 e. The van der Waals surface area contributed by atoms with E-state index in [1.165, 1.54) is 6.26 Å². The lowest BCUT2D eigenvalue weighted by Crippen LogP contribution is -2.42. The van der Waals surface area contributed by atoms with Crippen molar-refractivity contribution in [3.8, 4) is 0 Å². The third-order valence-electron chi connectivity index (χ3n) is 3.76. The molecule has 0 aromatic carbocycles. The van der Waals surface area contributed by atoms with Crippen LogP contribution in [-0.4, -0.2) is 44.5 Å². The number of nitrogens with zero attached hydrogens (tertiary/aromatic N) is 2. The van der Waals surface area contributed by atoms with Crippen molar-refractivity contribution in [1.82, 2.24) is 15.6 Å². The van der Waals surface area contributed by atoms with E-state index in [4.69, 9.17) is 0 Å². The van der Waals surface area contributed by atoms with Gasteiger partial charge in [-0.3, -0.25) is 0 Å². The van der Waals surface area contributed by atoms with Gasteiger partial charge in [0.05, 0.1) is 18.0 Å². The molecule has 0 spiro atoms. The van der Waals surface area contributed by atoms with Gasteiger partial charge in [-0.05, 0) is 24.7 Å². The average molecular weight is 389 g/mol. The molecule has 0 saturated carbocycles. The highest BCUT2D eigenvalue weighted by molar-refractivity contribution is 7.90. The van der Waals surface area contributed by atoms with E-state index in [0.717, 1.165) is 23.2 Å². The van der Waals surface area contributed by atoms with E-state index in [0.29, 0.717) is 25.4 Å². The average Bonchev–Trinajstić information content (AvgIpc) is 2.97. The highest BCUT2D eigenvalue weighted by Gasteiger charge is 2.20. The van der Waals surface area contributed by atoms with Crippen LogP contribution in [0.4, 0.5) is 0 Å². The number of hydrogen-bond acceptors (Lipinski definition) is 5. The molecule has 0 aliphatic rings. The van der Waals surface area contributed by atoms with Gasteiger partial charge in [-0.15, -0.1) is 11.3 Å². The Kier molecular flexibility index (Phi) is 8.34. The van der Waals surface area contributed by atoms with E-state index in [2.05, 4.69) is 53.7 Å². The molecule has 0 atom stereocenters. The maximum atomic E-state index is 11.4. The molecule has 25 heavy (non-hydrogen) atoms. The first-order valence-corrected chi connectivity index (χ1v) is 11.6. The van der Waals surface area contributed by atoms with Crippen molar-refractivity contribution in [3.63, 3.8) is 0 Å². The van der Waals surface area contributed by atoms with Gasteiger partial charge in [0.2, 0.25) is 0 Å². The summed E-state index contributed by atoms with van der Waals surface area (Å²) >= 11 is 1.63. The van der Waals surface area contributed by atoms with Gasteiger partial charge in [0.1, 0.15) is 14.8 Å². The van der Waals surface area contributed by atoms with Crippen LogP contribution >= 0.6 is 11.3 Å². The van der Waals surface area contributed by atoms with Gasteiger partial charge < -0.3 is 10.6 Å². The van der Waals surface area contributed by atoms with Gasteiger partial charge in [0.15, 0.2) is 5.96 Å². The number of guanidine groups is 1. The van der Waals surface area contributed by atoms with Crippen LogP contribution in [0.25, 0.3) is 0 Å². The van der Waals surface area contributed by atoms with E-state index in [9.17, 15) is 8.42 Å². The Morgan fingerprint density at radius 3 is 2.56 bits per heavy atom. The first-order chi connectivity index (χ1) is 11.5. The molecular weight excluding hydrogens is 356 g/mol. The normalized spacial score (nSPS) is 13.3. The summed E-state index contributed by atoms with van der Waals surface area (Å²) in [6.07, 6.45) is 1.89. The van der Waals surface area contributed by atoms with E-state index < -0.39 is 9.84 Å². The number of sulfone groups is 1. The topological polar surface area (TPSA) is 83.4 Å². The first kappa shape index (κ1) is 21.9. The van der Waals surface area contributed by atoms with Crippen LogP contribution in [0.1, 0.15) is 57.7 Å². The predicted octanol–water partition coefficient (Wildman–Crippen LogP) is 2.78. The molecule has 144 valence electrons. The van der Waals surface area contributed by atoms with Crippen molar-refractivity contribution in [1.29, 1.82) is 0 Å². The number of aliphatic imine (C=N–C) groups is 1. The van der Waals surface area contributed by atoms with Crippen molar-refractivity contribution in [2.24, 2.45) is 10.4 Å². The molecule has 6 nitrogen and oxygen atoms in total. The summed E-state index contributed by atoms with van der Waals surface area (Å²) in [6.45, 7) is 12.4. The molecule has 0 bridgehead atoms. The fraction of sp³-hybridized carbons (Fsp3) is 0.765. The molecule has 0 unspecified atom stereocenters.